The zero-order valence-corrected chi connectivity index (χ0v) is 17.0. The molecule has 0 radical (unpaired) electrons. The van der Waals surface area contributed by atoms with Gasteiger partial charge in [0.15, 0.2) is 0 Å². The van der Waals surface area contributed by atoms with Crippen LogP contribution in [0.1, 0.15) is 36.8 Å². The molecule has 2 N–H and O–H groups in total. The predicted octanol–water partition coefficient (Wildman–Crippen LogP) is 1.41. The second-order valence-corrected chi connectivity index (χ2v) is 8.33. The number of β-amino-alcohol motifs (C(OH)–C–C–N with tert-alkyl or cyclic N) is 1. The van der Waals surface area contributed by atoms with Gasteiger partial charge in [-0.25, -0.2) is 4.79 Å². The van der Waals surface area contributed by atoms with Gasteiger partial charge in [-0.2, -0.15) is 0 Å². The SMILES string of the molecule is CN(C)C[C@]1(O)CCCN(C(=O)NCc2ccccc2CN2CCCC2=O)C1. The number of benzene rings is 1. The molecule has 0 bridgehead atoms. The lowest BCUT2D eigenvalue weighted by Gasteiger charge is -2.40. The van der Waals surface area contributed by atoms with E-state index in [0.29, 0.717) is 45.6 Å². The molecule has 2 heterocycles. The molecular weight excluding hydrogens is 356 g/mol. The van der Waals surface area contributed by atoms with Gasteiger partial charge in [0.25, 0.3) is 0 Å². The third-order valence-electron chi connectivity index (χ3n) is 5.53. The van der Waals surface area contributed by atoms with Crippen LogP contribution in [0.5, 0.6) is 0 Å². The molecule has 0 saturated carbocycles. The van der Waals surface area contributed by atoms with Crippen molar-refractivity contribution in [3.8, 4) is 0 Å². The summed E-state index contributed by atoms with van der Waals surface area (Å²) in [6, 6.07) is 7.78. The molecule has 0 aliphatic carbocycles. The number of likely N-dealkylation sites (tertiary alicyclic amines) is 2. The Labute approximate surface area is 167 Å². The Bertz CT molecular complexity index is 709. The average molecular weight is 389 g/mol. The number of amides is 3. The molecule has 2 aliphatic rings. The Hall–Kier alpha value is -2.12. The van der Waals surface area contributed by atoms with Crippen molar-refractivity contribution in [2.75, 3.05) is 40.3 Å². The standard InChI is InChI=1S/C21H32N4O3/c1-23(2)15-21(28)10-6-12-25(16-21)20(27)22-13-17-7-3-4-8-18(17)14-24-11-5-9-19(24)26/h3-4,7-8,28H,5-6,9-16H2,1-2H3,(H,22,27)/t21-/m1/s1. The van der Waals surface area contributed by atoms with Crippen LogP contribution in [0.25, 0.3) is 0 Å². The van der Waals surface area contributed by atoms with Crippen LogP contribution in [-0.2, 0) is 17.9 Å². The first-order valence-corrected chi connectivity index (χ1v) is 10.1. The van der Waals surface area contributed by atoms with Gasteiger partial charge in [-0.15, -0.1) is 0 Å². The molecule has 2 saturated heterocycles. The lowest BCUT2D eigenvalue weighted by atomic mass is 9.92. The van der Waals surface area contributed by atoms with E-state index in [-0.39, 0.29) is 11.9 Å². The third-order valence-corrected chi connectivity index (χ3v) is 5.53. The molecule has 0 unspecified atom stereocenters. The van der Waals surface area contributed by atoms with E-state index >= 15 is 0 Å². The quantitative estimate of drug-likeness (QED) is 0.773. The summed E-state index contributed by atoms with van der Waals surface area (Å²) in [5, 5.41) is 13.8. The highest BCUT2D eigenvalue weighted by molar-refractivity contribution is 5.78. The number of hydrogen-bond donors (Lipinski definition) is 2. The van der Waals surface area contributed by atoms with E-state index in [9.17, 15) is 14.7 Å². The molecule has 1 aromatic rings. The molecule has 0 aromatic heterocycles. The molecule has 154 valence electrons. The topological polar surface area (TPSA) is 76.1 Å². The number of carbonyl (C=O) groups excluding carboxylic acids is 2. The van der Waals surface area contributed by atoms with E-state index < -0.39 is 5.60 Å². The van der Waals surface area contributed by atoms with Crippen LogP contribution in [-0.4, -0.2) is 77.6 Å². The van der Waals surface area contributed by atoms with Gasteiger partial charge in [0.05, 0.1) is 12.1 Å². The zero-order valence-electron chi connectivity index (χ0n) is 17.0. The summed E-state index contributed by atoms with van der Waals surface area (Å²) in [6.45, 7) is 3.37. The number of carbonyl (C=O) groups is 2. The van der Waals surface area contributed by atoms with E-state index in [0.717, 1.165) is 30.5 Å². The minimum atomic E-state index is -0.854. The van der Waals surface area contributed by atoms with Gasteiger partial charge in [0, 0.05) is 39.1 Å². The molecule has 7 nitrogen and oxygen atoms in total. The fourth-order valence-corrected chi connectivity index (χ4v) is 4.25. The summed E-state index contributed by atoms with van der Waals surface area (Å²) < 4.78 is 0. The number of rotatable bonds is 6. The molecule has 2 aliphatic heterocycles. The largest absolute Gasteiger partial charge is 0.387 e. The maximum atomic E-state index is 12.7. The molecule has 3 rings (SSSR count). The minimum absolute atomic E-state index is 0.149. The van der Waals surface area contributed by atoms with Crippen molar-refractivity contribution in [1.29, 1.82) is 0 Å². The van der Waals surface area contributed by atoms with Crippen LogP contribution < -0.4 is 5.32 Å². The van der Waals surface area contributed by atoms with E-state index in [2.05, 4.69) is 5.32 Å². The van der Waals surface area contributed by atoms with E-state index in [4.69, 9.17) is 0 Å². The van der Waals surface area contributed by atoms with Crippen molar-refractivity contribution in [3.05, 3.63) is 35.4 Å². The van der Waals surface area contributed by atoms with Gasteiger partial charge < -0.3 is 25.1 Å². The average Bonchev–Trinajstić information content (AvgIpc) is 3.04. The van der Waals surface area contributed by atoms with E-state index in [1.54, 1.807) is 4.90 Å². The number of nitrogens with zero attached hydrogens (tertiary/aromatic N) is 3. The molecule has 1 aromatic carbocycles. The first-order chi connectivity index (χ1) is 13.4. The summed E-state index contributed by atoms with van der Waals surface area (Å²) in [5.74, 6) is 0.201. The lowest BCUT2D eigenvalue weighted by molar-refractivity contribution is -0.128. The second kappa shape index (κ2) is 8.92. The summed E-state index contributed by atoms with van der Waals surface area (Å²) in [7, 11) is 3.86. The van der Waals surface area contributed by atoms with Crippen molar-refractivity contribution in [1.82, 2.24) is 20.0 Å². The Morgan fingerprint density at radius 2 is 1.96 bits per heavy atom. The summed E-state index contributed by atoms with van der Waals surface area (Å²) >= 11 is 0. The Balaban J connectivity index is 1.58. The van der Waals surface area contributed by atoms with Crippen LogP contribution in [0.2, 0.25) is 0 Å². The molecule has 7 heteroatoms. The molecule has 0 spiro atoms. The Morgan fingerprint density at radius 3 is 2.64 bits per heavy atom. The van der Waals surface area contributed by atoms with Crippen molar-refractivity contribution in [3.63, 3.8) is 0 Å². The summed E-state index contributed by atoms with van der Waals surface area (Å²) in [6.07, 6.45) is 3.05. The van der Waals surface area contributed by atoms with Crippen LogP contribution in [0.3, 0.4) is 0 Å². The van der Waals surface area contributed by atoms with Crippen molar-refractivity contribution in [2.45, 2.75) is 44.4 Å². The van der Waals surface area contributed by atoms with Gasteiger partial charge in [-0.05, 0) is 44.5 Å². The molecule has 2 fully saturated rings. The van der Waals surface area contributed by atoms with Crippen LogP contribution in [0.15, 0.2) is 24.3 Å². The van der Waals surface area contributed by atoms with Gasteiger partial charge >= 0.3 is 6.03 Å². The second-order valence-electron chi connectivity index (χ2n) is 8.33. The van der Waals surface area contributed by atoms with Gasteiger partial charge in [0.2, 0.25) is 5.91 Å². The molecule has 28 heavy (non-hydrogen) atoms. The molecule has 1 atom stereocenters. The number of piperidine rings is 1. The summed E-state index contributed by atoms with van der Waals surface area (Å²) in [4.78, 5) is 30.1. The lowest BCUT2D eigenvalue weighted by Crippen LogP contribution is -2.56. The van der Waals surface area contributed by atoms with Crippen molar-refractivity contribution in [2.24, 2.45) is 0 Å². The monoisotopic (exact) mass is 388 g/mol. The Kier molecular flexibility index (Phi) is 6.57. The van der Waals surface area contributed by atoms with Crippen molar-refractivity contribution >= 4 is 11.9 Å². The number of hydrogen-bond acceptors (Lipinski definition) is 4. The highest BCUT2D eigenvalue weighted by Gasteiger charge is 2.35. The van der Waals surface area contributed by atoms with Crippen molar-refractivity contribution < 1.29 is 14.7 Å². The number of urea groups is 1. The van der Waals surface area contributed by atoms with E-state index in [1.807, 2.05) is 48.2 Å². The third kappa shape index (κ3) is 5.23. The first-order valence-electron chi connectivity index (χ1n) is 10.1. The highest BCUT2D eigenvalue weighted by atomic mass is 16.3. The normalized spacial score (nSPS) is 22.8. The Morgan fingerprint density at radius 1 is 1.21 bits per heavy atom. The number of aliphatic hydroxyl groups is 1. The fraction of sp³-hybridized carbons (Fsp3) is 0.619. The van der Waals surface area contributed by atoms with Crippen LogP contribution in [0, 0.1) is 0 Å². The zero-order chi connectivity index (χ0) is 20.1. The van der Waals surface area contributed by atoms with Crippen LogP contribution >= 0.6 is 0 Å². The maximum Gasteiger partial charge on any atom is 0.317 e. The predicted molar refractivity (Wildman–Crippen MR) is 108 cm³/mol. The fourth-order valence-electron chi connectivity index (χ4n) is 4.25. The first kappa shape index (κ1) is 20.6. The maximum absolute atomic E-state index is 12.7. The van der Waals surface area contributed by atoms with Gasteiger partial charge in [-0.3, -0.25) is 4.79 Å². The van der Waals surface area contributed by atoms with Crippen LogP contribution in [0.4, 0.5) is 4.79 Å². The number of nitrogens with one attached hydrogen (secondary N) is 1. The van der Waals surface area contributed by atoms with E-state index in [1.165, 1.54) is 0 Å². The van der Waals surface area contributed by atoms with Gasteiger partial charge in [0.1, 0.15) is 0 Å². The number of likely N-dealkylation sites (N-methyl/N-ethyl adjacent to an activating group) is 1. The smallest absolute Gasteiger partial charge is 0.317 e. The minimum Gasteiger partial charge on any atom is -0.387 e. The van der Waals surface area contributed by atoms with Gasteiger partial charge in [-0.1, -0.05) is 24.3 Å². The molecular formula is C21H32N4O3. The molecule has 3 amide bonds. The summed E-state index contributed by atoms with van der Waals surface area (Å²) in [5.41, 5.74) is 1.24. The highest BCUT2D eigenvalue weighted by Crippen LogP contribution is 2.22.